The third-order valence-electron chi connectivity index (χ3n) is 3.08. The summed E-state index contributed by atoms with van der Waals surface area (Å²) < 4.78 is 25.1. The second-order valence-corrected chi connectivity index (χ2v) is 5.96. The Kier molecular flexibility index (Phi) is 6.96. The lowest BCUT2D eigenvalue weighted by molar-refractivity contribution is -0.142. The highest BCUT2D eigenvalue weighted by atomic mass is 32.2. The van der Waals surface area contributed by atoms with E-state index in [0.29, 0.717) is 0 Å². The van der Waals surface area contributed by atoms with Gasteiger partial charge in [-0.05, 0) is 24.3 Å². The normalized spacial score (nSPS) is 10.6. The number of thioether (sulfide) groups is 1. The van der Waals surface area contributed by atoms with Crippen LogP contribution in [0.3, 0.4) is 0 Å². The van der Waals surface area contributed by atoms with Gasteiger partial charge in [0, 0.05) is 24.1 Å². The van der Waals surface area contributed by atoms with Gasteiger partial charge in [0.25, 0.3) is 5.56 Å². The van der Waals surface area contributed by atoms with Crippen molar-refractivity contribution in [2.24, 2.45) is 0 Å². The van der Waals surface area contributed by atoms with Crippen molar-refractivity contribution in [1.82, 2.24) is 9.13 Å². The van der Waals surface area contributed by atoms with Gasteiger partial charge >= 0.3 is 11.7 Å². The fourth-order valence-electron chi connectivity index (χ4n) is 1.85. The molecule has 0 atom stereocenters. The molecule has 0 N–H and O–H groups in total. The molecule has 0 bridgehead atoms. The van der Waals surface area contributed by atoms with Crippen molar-refractivity contribution in [1.29, 1.82) is 0 Å². The number of halogens is 1. The Labute approximate surface area is 147 Å². The Morgan fingerprint density at radius 1 is 1.16 bits per heavy atom. The number of esters is 1. The van der Waals surface area contributed by atoms with E-state index in [1.807, 2.05) is 0 Å². The maximum atomic E-state index is 12.9. The van der Waals surface area contributed by atoms with Crippen LogP contribution in [-0.2, 0) is 26.9 Å². The van der Waals surface area contributed by atoms with E-state index in [2.05, 4.69) is 0 Å². The summed E-state index contributed by atoms with van der Waals surface area (Å²) in [5, 5.41) is 0. The molecule has 0 aliphatic heterocycles. The van der Waals surface area contributed by atoms with Crippen LogP contribution in [0.4, 0.5) is 4.39 Å². The Balaban J connectivity index is 1.98. The summed E-state index contributed by atoms with van der Waals surface area (Å²) in [5.74, 6) is -0.668. The summed E-state index contributed by atoms with van der Waals surface area (Å²) in [7, 11) is 0. The van der Waals surface area contributed by atoms with Gasteiger partial charge in [-0.25, -0.2) is 13.8 Å². The number of benzene rings is 1. The first-order chi connectivity index (χ1) is 12.0. The molecule has 0 fully saturated rings. The molecule has 0 saturated carbocycles. The molecule has 7 nitrogen and oxygen atoms in total. The van der Waals surface area contributed by atoms with Crippen molar-refractivity contribution in [3.05, 3.63) is 63.2 Å². The highest BCUT2D eigenvalue weighted by molar-refractivity contribution is 7.98. The summed E-state index contributed by atoms with van der Waals surface area (Å²) in [6.07, 6.45) is 1.34. The highest BCUT2D eigenvalue weighted by Crippen LogP contribution is 2.18. The topological polar surface area (TPSA) is 79.5 Å². The molecule has 1 heterocycles. The lowest BCUT2D eigenvalue weighted by atomic mass is 10.4. The Hall–Kier alpha value is -2.39. The van der Waals surface area contributed by atoms with Crippen LogP contribution in [0.15, 0.2) is 51.0 Å². The minimum Gasteiger partial charge on any atom is -0.463 e. The summed E-state index contributed by atoms with van der Waals surface area (Å²) in [5.41, 5.74) is -0.953. The number of rotatable bonds is 8. The van der Waals surface area contributed by atoms with E-state index in [9.17, 15) is 18.8 Å². The minimum absolute atomic E-state index is 0.0679. The van der Waals surface area contributed by atoms with Gasteiger partial charge < -0.3 is 9.47 Å². The van der Waals surface area contributed by atoms with Gasteiger partial charge in [0.15, 0.2) is 0 Å². The average Bonchev–Trinajstić information content (AvgIpc) is 2.57. The number of carbonyl (C=O) groups excluding carboxylic acids is 1. The van der Waals surface area contributed by atoms with Crippen molar-refractivity contribution < 1.29 is 18.7 Å². The maximum absolute atomic E-state index is 12.9. The average molecular weight is 368 g/mol. The fraction of sp³-hybridized carbons (Fsp3) is 0.312. The maximum Gasteiger partial charge on any atom is 0.333 e. The zero-order valence-corrected chi connectivity index (χ0v) is 14.3. The molecule has 0 unspecified atom stereocenters. The lowest BCUT2D eigenvalue weighted by Gasteiger charge is -2.10. The third-order valence-corrected chi connectivity index (χ3v) is 4.07. The number of ether oxygens (including phenoxy) is 2. The van der Waals surface area contributed by atoms with Crippen molar-refractivity contribution in [2.75, 3.05) is 13.2 Å². The molecule has 0 amide bonds. The van der Waals surface area contributed by atoms with Crippen LogP contribution in [-0.4, -0.2) is 28.3 Å². The Morgan fingerprint density at radius 2 is 1.88 bits per heavy atom. The Bertz CT molecular complexity index is 832. The summed E-state index contributed by atoms with van der Waals surface area (Å²) in [6.45, 7) is 1.44. The van der Waals surface area contributed by atoms with Crippen LogP contribution >= 0.6 is 11.8 Å². The van der Waals surface area contributed by atoms with E-state index < -0.39 is 17.2 Å². The van der Waals surface area contributed by atoms with Crippen LogP contribution in [0.1, 0.15) is 6.92 Å². The minimum atomic E-state index is -0.519. The SMILES string of the molecule is CC(=O)OCCOCn1ccc(=O)n(CSc2ccc(F)cc2)c1=O. The Morgan fingerprint density at radius 3 is 2.56 bits per heavy atom. The quantitative estimate of drug-likeness (QED) is 0.398. The van der Waals surface area contributed by atoms with E-state index >= 15 is 0 Å². The van der Waals surface area contributed by atoms with Crippen LogP contribution in [0.25, 0.3) is 0 Å². The summed E-state index contributed by atoms with van der Waals surface area (Å²) in [4.78, 5) is 35.6. The van der Waals surface area contributed by atoms with Gasteiger partial charge in [0.1, 0.15) is 19.2 Å². The molecule has 2 aromatic rings. The van der Waals surface area contributed by atoms with Gasteiger partial charge in [0.05, 0.1) is 12.5 Å². The second kappa shape index (κ2) is 9.19. The third kappa shape index (κ3) is 5.87. The zero-order valence-electron chi connectivity index (χ0n) is 13.5. The molecule has 134 valence electrons. The van der Waals surface area contributed by atoms with Crippen molar-refractivity contribution in [2.45, 2.75) is 24.4 Å². The molecule has 1 aromatic heterocycles. The van der Waals surface area contributed by atoms with Crippen molar-refractivity contribution in [3.8, 4) is 0 Å². The predicted octanol–water partition coefficient (Wildman–Crippen LogP) is 1.44. The van der Waals surface area contributed by atoms with Crippen molar-refractivity contribution >= 4 is 17.7 Å². The first-order valence-electron chi connectivity index (χ1n) is 7.37. The molecule has 1 aromatic carbocycles. The highest BCUT2D eigenvalue weighted by Gasteiger charge is 2.06. The van der Waals surface area contributed by atoms with Gasteiger partial charge in [0.2, 0.25) is 0 Å². The molecule has 2 rings (SSSR count). The smallest absolute Gasteiger partial charge is 0.333 e. The lowest BCUT2D eigenvalue weighted by Crippen LogP contribution is -2.38. The largest absolute Gasteiger partial charge is 0.463 e. The van der Waals surface area contributed by atoms with Gasteiger partial charge in [-0.1, -0.05) is 0 Å². The molecule has 9 heteroatoms. The van der Waals surface area contributed by atoms with Crippen LogP contribution in [0.2, 0.25) is 0 Å². The molecule has 0 aliphatic carbocycles. The van der Waals surface area contributed by atoms with E-state index in [-0.39, 0.29) is 31.6 Å². The van der Waals surface area contributed by atoms with Crippen molar-refractivity contribution in [3.63, 3.8) is 0 Å². The number of hydrogen-bond acceptors (Lipinski definition) is 6. The van der Waals surface area contributed by atoms with Gasteiger partial charge in [-0.2, -0.15) is 0 Å². The van der Waals surface area contributed by atoms with Crippen LogP contribution in [0, 0.1) is 5.82 Å². The predicted molar refractivity (Wildman–Crippen MR) is 89.8 cm³/mol. The molecule has 0 saturated heterocycles. The fourth-order valence-corrected chi connectivity index (χ4v) is 2.70. The van der Waals surface area contributed by atoms with E-state index in [1.165, 1.54) is 47.6 Å². The molecule has 25 heavy (non-hydrogen) atoms. The molecule has 0 aliphatic rings. The van der Waals surface area contributed by atoms with Gasteiger partial charge in [-0.15, -0.1) is 11.8 Å². The molecule has 0 spiro atoms. The first-order valence-corrected chi connectivity index (χ1v) is 8.35. The standard InChI is InChI=1S/C16H17FN2O5S/c1-12(20)24-9-8-23-10-18-7-6-15(21)19(16(18)22)11-25-14-4-2-13(17)3-5-14/h2-7H,8-11H2,1H3. The second-order valence-electron chi connectivity index (χ2n) is 4.94. The number of nitrogens with zero attached hydrogens (tertiary/aromatic N) is 2. The van der Waals surface area contributed by atoms with E-state index in [0.717, 1.165) is 9.46 Å². The van der Waals surface area contributed by atoms with E-state index in [1.54, 1.807) is 12.1 Å². The van der Waals surface area contributed by atoms with Gasteiger partial charge in [-0.3, -0.25) is 14.2 Å². The van der Waals surface area contributed by atoms with Crippen LogP contribution in [0.5, 0.6) is 0 Å². The summed E-state index contributed by atoms with van der Waals surface area (Å²) in [6, 6.07) is 7.04. The molecular formula is C16H17FN2O5S. The number of aromatic nitrogens is 2. The van der Waals surface area contributed by atoms with E-state index in [4.69, 9.17) is 9.47 Å². The molecular weight excluding hydrogens is 351 g/mol. The molecule has 0 radical (unpaired) electrons. The number of hydrogen-bond donors (Lipinski definition) is 0. The first kappa shape index (κ1) is 18.9. The zero-order chi connectivity index (χ0) is 18.2. The summed E-state index contributed by atoms with van der Waals surface area (Å²) >= 11 is 1.24. The van der Waals surface area contributed by atoms with Crippen LogP contribution < -0.4 is 11.2 Å². The monoisotopic (exact) mass is 368 g/mol. The number of carbonyl (C=O) groups is 1.